The average Bonchev–Trinajstić information content (AvgIpc) is 2.16. The molecule has 0 aromatic rings. The Morgan fingerprint density at radius 2 is 1.62 bits per heavy atom. The van der Waals surface area contributed by atoms with Gasteiger partial charge in [0, 0.05) is 0 Å². The predicted octanol–water partition coefficient (Wildman–Crippen LogP) is 2.00. The third-order valence-electron chi connectivity index (χ3n) is 1.63. The van der Waals surface area contributed by atoms with E-state index in [9.17, 15) is 35.5 Å². The van der Waals surface area contributed by atoms with Crippen molar-refractivity contribution in [1.29, 1.82) is 0 Å². The number of hydrogen-bond acceptors (Lipinski definition) is 2. The number of carbonyl (C=O) groups is 1. The van der Waals surface area contributed by atoms with Crippen molar-refractivity contribution in [1.82, 2.24) is 5.32 Å². The summed E-state index contributed by atoms with van der Waals surface area (Å²) in [5.74, 6) is -11.5. The van der Waals surface area contributed by atoms with Crippen LogP contribution in [0.5, 0.6) is 0 Å². The van der Waals surface area contributed by atoms with Crippen LogP contribution in [0.3, 0.4) is 0 Å². The third-order valence-corrected chi connectivity index (χ3v) is 1.63. The lowest BCUT2D eigenvalue weighted by Crippen LogP contribution is -2.63. The zero-order valence-corrected chi connectivity index (χ0v) is 7.92. The first-order valence-electron chi connectivity index (χ1n) is 3.94. The second kappa shape index (κ2) is 4.56. The largest absolute Gasteiger partial charge is 0.388 e. The SMILES string of the molecule is CC(C=O)NC(F)(F)C(F)(F)C(F)(F)CF. The van der Waals surface area contributed by atoms with Crippen molar-refractivity contribution in [3.8, 4) is 0 Å². The van der Waals surface area contributed by atoms with Crippen LogP contribution in [0, 0.1) is 0 Å². The van der Waals surface area contributed by atoms with Crippen LogP contribution in [-0.4, -0.2) is 36.9 Å². The highest BCUT2D eigenvalue weighted by Crippen LogP contribution is 2.44. The molecule has 0 aromatic carbocycles. The number of nitrogens with one attached hydrogen (secondary N) is 1. The van der Waals surface area contributed by atoms with Gasteiger partial charge in [-0.15, -0.1) is 0 Å². The van der Waals surface area contributed by atoms with Crippen LogP contribution in [-0.2, 0) is 4.79 Å². The lowest BCUT2D eigenvalue weighted by molar-refractivity contribution is -0.322. The van der Waals surface area contributed by atoms with Crippen molar-refractivity contribution in [2.45, 2.75) is 30.9 Å². The Kier molecular flexibility index (Phi) is 4.31. The summed E-state index contributed by atoms with van der Waals surface area (Å²) in [6, 6.07) is -7.18. The molecule has 0 heterocycles. The fraction of sp³-hybridized carbons (Fsp3) is 0.857. The number of aldehydes is 1. The molecular formula is C7H8F7NO. The average molecular weight is 255 g/mol. The highest BCUT2D eigenvalue weighted by atomic mass is 19.3. The van der Waals surface area contributed by atoms with E-state index in [1.807, 2.05) is 0 Å². The molecule has 0 spiro atoms. The minimum absolute atomic E-state index is 0.183. The van der Waals surface area contributed by atoms with Gasteiger partial charge < -0.3 is 4.79 Å². The Morgan fingerprint density at radius 1 is 1.19 bits per heavy atom. The summed E-state index contributed by atoms with van der Waals surface area (Å²) in [6.07, 6.45) is -0.183. The van der Waals surface area contributed by atoms with Gasteiger partial charge in [-0.05, 0) is 6.92 Å². The maximum absolute atomic E-state index is 12.7. The van der Waals surface area contributed by atoms with E-state index in [4.69, 9.17) is 0 Å². The molecule has 9 heteroatoms. The van der Waals surface area contributed by atoms with E-state index in [0.29, 0.717) is 5.32 Å². The molecule has 0 fully saturated rings. The summed E-state index contributed by atoms with van der Waals surface area (Å²) in [4.78, 5) is 9.93. The van der Waals surface area contributed by atoms with E-state index in [0.717, 1.165) is 6.92 Å². The van der Waals surface area contributed by atoms with Crippen LogP contribution in [0.1, 0.15) is 6.92 Å². The van der Waals surface area contributed by atoms with E-state index in [2.05, 4.69) is 0 Å². The molecule has 0 amide bonds. The van der Waals surface area contributed by atoms with Gasteiger partial charge in [-0.2, -0.15) is 26.3 Å². The van der Waals surface area contributed by atoms with E-state index < -0.39 is 30.6 Å². The number of carbonyl (C=O) groups excluding carboxylic acids is 1. The van der Waals surface area contributed by atoms with Crippen molar-refractivity contribution < 1.29 is 35.5 Å². The van der Waals surface area contributed by atoms with Crippen LogP contribution in [0.25, 0.3) is 0 Å². The normalized spacial score (nSPS) is 16.0. The predicted molar refractivity (Wildman–Crippen MR) is 39.5 cm³/mol. The zero-order valence-electron chi connectivity index (χ0n) is 7.92. The Bertz CT molecular complexity index is 255. The van der Waals surface area contributed by atoms with Crippen molar-refractivity contribution in [3.63, 3.8) is 0 Å². The fourth-order valence-electron chi connectivity index (χ4n) is 0.724. The van der Waals surface area contributed by atoms with Crippen molar-refractivity contribution in [2.24, 2.45) is 0 Å². The molecular weight excluding hydrogens is 247 g/mol. The van der Waals surface area contributed by atoms with E-state index >= 15 is 0 Å². The number of alkyl halides is 7. The van der Waals surface area contributed by atoms with Gasteiger partial charge >= 0.3 is 17.9 Å². The van der Waals surface area contributed by atoms with Crippen LogP contribution in [0.2, 0.25) is 0 Å². The summed E-state index contributed by atoms with van der Waals surface area (Å²) in [5, 5.41) is 0.689. The lowest BCUT2D eigenvalue weighted by atomic mass is 10.1. The second-order valence-corrected chi connectivity index (χ2v) is 3.06. The Hall–Kier alpha value is -0.860. The number of halogens is 7. The molecule has 1 N–H and O–H groups in total. The molecule has 0 radical (unpaired) electrons. The highest BCUT2D eigenvalue weighted by Gasteiger charge is 2.72. The topological polar surface area (TPSA) is 29.1 Å². The van der Waals surface area contributed by atoms with Gasteiger partial charge in [0.25, 0.3) is 0 Å². The molecule has 1 unspecified atom stereocenters. The van der Waals surface area contributed by atoms with Gasteiger partial charge in [0.1, 0.15) is 6.29 Å². The van der Waals surface area contributed by atoms with Gasteiger partial charge in [0.15, 0.2) is 6.67 Å². The molecule has 0 aliphatic rings. The van der Waals surface area contributed by atoms with Gasteiger partial charge in [-0.1, -0.05) is 0 Å². The third kappa shape index (κ3) is 2.63. The molecule has 16 heavy (non-hydrogen) atoms. The smallest absolute Gasteiger partial charge is 0.302 e. The summed E-state index contributed by atoms with van der Waals surface area (Å²) in [7, 11) is 0. The van der Waals surface area contributed by atoms with Gasteiger partial charge in [-0.25, -0.2) is 9.71 Å². The molecule has 96 valence electrons. The standard InChI is InChI=1S/C7H8F7NO/c1-4(2-16)15-7(13,14)6(11,12)5(9,10)3-8/h2,4,15H,3H2,1H3. The molecule has 0 aromatic heterocycles. The molecule has 2 nitrogen and oxygen atoms in total. The van der Waals surface area contributed by atoms with Gasteiger partial charge in [-0.3, -0.25) is 0 Å². The summed E-state index contributed by atoms with van der Waals surface area (Å²) in [6.45, 7) is -2.18. The zero-order chi connectivity index (χ0) is 13.2. The molecule has 0 saturated carbocycles. The molecule has 0 saturated heterocycles. The van der Waals surface area contributed by atoms with Crippen molar-refractivity contribution in [3.05, 3.63) is 0 Å². The molecule has 0 bridgehead atoms. The maximum Gasteiger partial charge on any atom is 0.388 e. The minimum atomic E-state index is -5.94. The quantitative estimate of drug-likeness (QED) is 0.447. The molecule has 0 aliphatic heterocycles. The summed E-state index contributed by atoms with van der Waals surface area (Å²) < 4.78 is 86.5. The number of rotatable bonds is 6. The van der Waals surface area contributed by atoms with Crippen LogP contribution in [0.15, 0.2) is 0 Å². The number of hydrogen-bond donors (Lipinski definition) is 1. The maximum atomic E-state index is 12.7. The van der Waals surface area contributed by atoms with E-state index in [1.165, 1.54) is 0 Å². The van der Waals surface area contributed by atoms with E-state index in [-0.39, 0.29) is 6.29 Å². The molecule has 1 atom stereocenters. The van der Waals surface area contributed by atoms with Crippen LogP contribution in [0.4, 0.5) is 30.7 Å². The monoisotopic (exact) mass is 255 g/mol. The van der Waals surface area contributed by atoms with Crippen molar-refractivity contribution in [2.75, 3.05) is 6.67 Å². The highest BCUT2D eigenvalue weighted by molar-refractivity contribution is 5.56. The summed E-state index contributed by atoms with van der Waals surface area (Å²) >= 11 is 0. The lowest BCUT2D eigenvalue weighted by Gasteiger charge is -2.32. The van der Waals surface area contributed by atoms with E-state index in [1.54, 1.807) is 0 Å². The van der Waals surface area contributed by atoms with Crippen molar-refractivity contribution >= 4 is 6.29 Å². The Morgan fingerprint density at radius 3 is 1.94 bits per heavy atom. The Balaban J connectivity index is 5.04. The first-order chi connectivity index (χ1) is 7.02. The first kappa shape index (κ1) is 15.1. The molecule has 0 rings (SSSR count). The van der Waals surface area contributed by atoms with Gasteiger partial charge in [0.05, 0.1) is 6.04 Å². The minimum Gasteiger partial charge on any atom is -0.302 e. The fourth-order valence-corrected chi connectivity index (χ4v) is 0.724. The molecule has 0 aliphatic carbocycles. The van der Waals surface area contributed by atoms with Crippen LogP contribution < -0.4 is 5.32 Å². The Labute approximate surface area is 85.8 Å². The van der Waals surface area contributed by atoms with Crippen LogP contribution >= 0.6 is 0 Å². The first-order valence-corrected chi connectivity index (χ1v) is 3.94. The second-order valence-electron chi connectivity index (χ2n) is 3.06. The summed E-state index contributed by atoms with van der Waals surface area (Å²) in [5.41, 5.74) is 0. The van der Waals surface area contributed by atoms with Gasteiger partial charge in [0.2, 0.25) is 0 Å².